The molecule has 3 heterocycles. The third-order valence-corrected chi connectivity index (χ3v) is 4.53. The fraction of sp³-hybridized carbons (Fsp3) is 0.111. The number of carbonyl (C=O) groups excluding carboxylic acids is 1. The summed E-state index contributed by atoms with van der Waals surface area (Å²) in [6.45, 7) is 1.78. The van der Waals surface area contributed by atoms with E-state index in [4.69, 9.17) is 17.3 Å². The molecule has 1 amide bonds. The first kappa shape index (κ1) is 16.3. The van der Waals surface area contributed by atoms with Crippen LogP contribution in [0.4, 0.5) is 5.95 Å². The molecular weight excluding hydrogens is 352 g/mol. The minimum atomic E-state index is -0.561. The second-order valence-corrected chi connectivity index (χ2v) is 6.28. The van der Waals surface area contributed by atoms with Crippen molar-refractivity contribution >= 4 is 23.5 Å². The highest BCUT2D eigenvalue weighted by molar-refractivity contribution is 6.33. The highest BCUT2D eigenvalue weighted by atomic mass is 35.5. The topological polar surface area (TPSA) is 98.7 Å². The molecule has 26 heavy (non-hydrogen) atoms. The zero-order valence-corrected chi connectivity index (χ0v) is 14.6. The van der Waals surface area contributed by atoms with Gasteiger partial charge in [-0.1, -0.05) is 29.8 Å². The number of benzene rings is 1. The number of rotatable bonds is 3. The highest BCUT2D eigenvalue weighted by Crippen LogP contribution is 2.36. The fourth-order valence-corrected chi connectivity index (χ4v) is 3.26. The van der Waals surface area contributed by atoms with Crippen LogP contribution >= 0.6 is 11.6 Å². The average molecular weight is 367 g/mol. The lowest BCUT2D eigenvalue weighted by atomic mass is 9.99. The molecule has 3 N–H and O–H groups in total. The number of pyridine rings is 1. The van der Waals surface area contributed by atoms with Gasteiger partial charge >= 0.3 is 0 Å². The van der Waals surface area contributed by atoms with E-state index in [2.05, 4.69) is 20.4 Å². The molecule has 1 aliphatic rings. The van der Waals surface area contributed by atoms with Gasteiger partial charge in [0.2, 0.25) is 11.9 Å². The van der Waals surface area contributed by atoms with E-state index in [0.29, 0.717) is 39.3 Å². The van der Waals surface area contributed by atoms with Crippen LogP contribution in [0.5, 0.6) is 0 Å². The number of nitrogens with two attached hydrogens (primary N) is 1. The van der Waals surface area contributed by atoms with Crippen molar-refractivity contribution in [1.82, 2.24) is 19.7 Å². The van der Waals surface area contributed by atoms with Gasteiger partial charge in [-0.2, -0.15) is 4.98 Å². The second-order valence-electron chi connectivity index (χ2n) is 5.87. The van der Waals surface area contributed by atoms with Gasteiger partial charge in [0.1, 0.15) is 6.04 Å². The van der Waals surface area contributed by atoms with Gasteiger partial charge in [-0.3, -0.25) is 9.78 Å². The molecule has 0 fully saturated rings. The summed E-state index contributed by atoms with van der Waals surface area (Å²) in [6, 6.07) is 12.2. The monoisotopic (exact) mass is 366 g/mol. The Hall–Kier alpha value is -3.19. The molecule has 0 spiro atoms. The number of nitrogens with one attached hydrogen (secondary N) is 1. The van der Waals surface area contributed by atoms with Crippen molar-refractivity contribution < 1.29 is 4.79 Å². The molecule has 0 radical (unpaired) electrons. The molecule has 7 nitrogen and oxygen atoms in total. The van der Waals surface area contributed by atoms with E-state index < -0.39 is 11.9 Å². The standard InChI is InChI=1S/C18H15ClN6O/c1-10-14(16(20)26)15(13-8-4-5-9-21-13)25-18(22-10)23-17(24-25)11-6-2-3-7-12(11)19/h2-9,15H,1H3,(H2,20,26)(H,22,23,24)/t15-/m0/s1. The number of hydrogen-bond acceptors (Lipinski definition) is 5. The van der Waals surface area contributed by atoms with E-state index in [-0.39, 0.29) is 0 Å². The Morgan fingerprint density at radius 2 is 2.00 bits per heavy atom. The Morgan fingerprint density at radius 3 is 2.69 bits per heavy atom. The molecule has 0 bridgehead atoms. The smallest absolute Gasteiger partial charge is 0.248 e. The Morgan fingerprint density at radius 1 is 1.23 bits per heavy atom. The molecule has 0 saturated heterocycles. The number of carbonyl (C=O) groups is 1. The molecule has 0 saturated carbocycles. The first-order chi connectivity index (χ1) is 12.6. The molecule has 3 aromatic rings. The summed E-state index contributed by atoms with van der Waals surface area (Å²) in [6.07, 6.45) is 1.66. The van der Waals surface area contributed by atoms with Crippen LogP contribution in [-0.4, -0.2) is 25.7 Å². The summed E-state index contributed by atoms with van der Waals surface area (Å²) >= 11 is 6.28. The average Bonchev–Trinajstić information content (AvgIpc) is 3.04. The maximum absolute atomic E-state index is 12.1. The van der Waals surface area contributed by atoms with Crippen LogP contribution in [0.1, 0.15) is 18.7 Å². The Labute approximate surface area is 154 Å². The Balaban J connectivity index is 1.90. The molecular formula is C18H15ClN6O. The van der Waals surface area contributed by atoms with Gasteiger partial charge in [-0.25, -0.2) is 4.68 Å². The van der Waals surface area contributed by atoms with Crippen molar-refractivity contribution in [3.8, 4) is 11.4 Å². The predicted octanol–water partition coefficient (Wildman–Crippen LogP) is 2.77. The van der Waals surface area contributed by atoms with Gasteiger partial charge in [0.05, 0.1) is 16.3 Å². The number of allylic oxidation sites excluding steroid dienone is 1. The highest BCUT2D eigenvalue weighted by Gasteiger charge is 2.34. The SMILES string of the molecule is CC1=C(C(N)=O)[C@H](c2ccccn2)n2nc(-c3ccccc3Cl)nc2N1. The third kappa shape index (κ3) is 2.62. The van der Waals surface area contributed by atoms with Gasteiger partial charge in [0, 0.05) is 17.5 Å². The number of nitrogens with zero attached hydrogens (tertiary/aromatic N) is 4. The minimum absolute atomic E-state index is 0.395. The summed E-state index contributed by atoms with van der Waals surface area (Å²) < 4.78 is 1.62. The van der Waals surface area contributed by atoms with E-state index in [1.54, 1.807) is 23.9 Å². The number of amides is 1. The van der Waals surface area contributed by atoms with Crippen LogP contribution < -0.4 is 11.1 Å². The number of anilines is 1. The van der Waals surface area contributed by atoms with Crippen LogP contribution in [0.2, 0.25) is 5.02 Å². The molecule has 1 aromatic carbocycles. The lowest BCUT2D eigenvalue weighted by Crippen LogP contribution is -2.32. The number of fused-ring (bicyclic) bond motifs is 1. The van der Waals surface area contributed by atoms with Crippen molar-refractivity contribution in [3.63, 3.8) is 0 Å². The van der Waals surface area contributed by atoms with Crippen LogP contribution in [0.25, 0.3) is 11.4 Å². The predicted molar refractivity (Wildman–Crippen MR) is 98.4 cm³/mol. The van der Waals surface area contributed by atoms with Gasteiger partial charge in [-0.05, 0) is 31.2 Å². The normalized spacial score (nSPS) is 16.2. The molecule has 1 aliphatic heterocycles. The van der Waals surface area contributed by atoms with Crippen LogP contribution in [-0.2, 0) is 4.79 Å². The van der Waals surface area contributed by atoms with E-state index in [1.165, 1.54) is 0 Å². The first-order valence-corrected chi connectivity index (χ1v) is 8.34. The molecule has 130 valence electrons. The first-order valence-electron chi connectivity index (χ1n) is 7.96. The number of hydrogen-bond donors (Lipinski definition) is 2. The maximum Gasteiger partial charge on any atom is 0.248 e. The van der Waals surface area contributed by atoms with Gasteiger partial charge in [0.15, 0.2) is 5.82 Å². The van der Waals surface area contributed by atoms with E-state index in [0.717, 1.165) is 0 Å². The van der Waals surface area contributed by atoms with Crippen LogP contribution in [0.3, 0.4) is 0 Å². The largest absolute Gasteiger partial charge is 0.366 e. The van der Waals surface area contributed by atoms with Gasteiger partial charge in [0.25, 0.3) is 0 Å². The fourth-order valence-electron chi connectivity index (χ4n) is 3.04. The summed E-state index contributed by atoms with van der Waals surface area (Å²) in [5.74, 6) is 0.418. The van der Waals surface area contributed by atoms with Crippen molar-refractivity contribution in [3.05, 3.63) is 70.6 Å². The lowest BCUT2D eigenvalue weighted by molar-refractivity contribution is -0.115. The summed E-state index contributed by atoms with van der Waals surface area (Å²) in [7, 11) is 0. The molecule has 4 rings (SSSR count). The van der Waals surface area contributed by atoms with Crippen molar-refractivity contribution in [1.29, 1.82) is 0 Å². The molecule has 0 aliphatic carbocycles. The van der Waals surface area contributed by atoms with Crippen LogP contribution in [0, 0.1) is 0 Å². The number of primary amides is 1. The van der Waals surface area contributed by atoms with Crippen LogP contribution in [0.15, 0.2) is 59.9 Å². The zero-order valence-electron chi connectivity index (χ0n) is 13.8. The zero-order chi connectivity index (χ0) is 18.3. The van der Waals surface area contributed by atoms with Crippen molar-refractivity contribution in [2.45, 2.75) is 13.0 Å². The minimum Gasteiger partial charge on any atom is -0.366 e. The number of aromatic nitrogens is 4. The maximum atomic E-state index is 12.1. The van der Waals surface area contributed by atoms with E-state index in [9.17, 15) is 4.79 Å². The third-order valence-electron chi connectivity index (χ3n) is 4.20. The molecule has 2 aromatic heterocycles. The van der Waals surface area contributed by atoms with E-state index in [1.807, 2.05) is 36.4 Å². The lowest BCUT2D eigenvalue weighted by Gasteiger charge is -2.26. The van der Waals surface area contributed by atoms with Crippen molar-refractivity contribution in [2.24, 2.45) is 5.73 Å². The Bertz CT molecular complexity index is 1030. The summed E-state index contributed by atoms with van der Waals surface area (Å²) in [5, 5.41) is 8.23. The Kier molecular flexibility index (Phi) is 3.93. The van der Waals surface area contributed by atoms with Crippen molar-refractivity contribution in [2.75, 3.05) is 5.32 Å². The second kappa shape index (κ2) is 6.27. The molecule has 0 unspecified atom stereocenters. The number of halogens is 1. The molecule has 8 heteroatoms. The van der Waals surface area contributed by atoms with E-state index >= 15 is 0 Å². The summed E-state index contributed by atoms with van der Waals surface area (Å²) in [5.41, 5.74) is 8.01. The molecule has 1 atom stereocenters. The quantitative estimate of drug-likeness (QED) is 0.742. The van der Waals surface area contributed by atoms with Gasteiger partial charge < -0.3 is 11.1 Å². The summed E-state index contributed by atoms with van der Waals surface area (Å²) in [4.78, 5) is 21.0. The van der Waals surface area contributed by atoms with Gasteiger partial charge in [-0.15, -0.1) is 5.10 Å².